The van der Waals surface area contributed by atoms with Gasteiger partial charge in [-0.15, -0.1) is 0 Å². The smallest absolute Gasteiger partial charge is 0.354 e. The minimum atomic E-state index is -4.50. The van der Waals surface area contributed by atoms with E-state index in [0.29, 0.717) is 44.0 Å². The molecule has 8 heteroatoms. The van der Waals surface area contributed by atoms with Crippen molar-refractivity contribution >= 4 is 22.6 Å². The third kappa shape index (κ3) is 5.56. The molecular weight excluding hydrogens is 453 g/mol. The van der Waals surface area contributed by atoms with Gasteiger partial charge in [-0.05, 0) is 48.2 Å². The molecule has 1 amide bonds. The zero-order valence-electron chi connectivity index (χ0n) is 19.6. The molecule has 2 aromatic carbocycles. The normalized spacial score (nSPS) is 14.6. The standard InChI is InChI=1S/C27H27F3N4O/c1-2-6-19-9-10-24-21(15-19)16-22(18-31)26(32-24)34-12-5-11-33(13-14-34)25(35)17-20-7-3-4-8-23(20)27(28,29)30/h3-4,7-10,15-16H,2,5-6,11-14,17H2,1H3. The number of carbonyl (C=O) groups excluding carboxylic acids is 1. The number of aryl methyl sites for hydroxylation is 1. The molecule has 1 aromatic heterocycles. The number of anilines is 1. The van der Waals surface area contributed by atoms with E-state index in [2.05, 4.69) is 25.1 Å². The van der Waals surface area contributed by atoms with Gasteiger partial charge in [0, 0.05) is 31.6 Å². The maximum absolute atomic E-state index is 13.3. The number of nitrogens with zero attached hydrogens (tertiary/aromatic N) is 4. The number of carbonyl (C=O) groups is 1. The zero-order valence-corrected chi connectivity index (χ0v) is 19.6. The van der Waals surface area contributed by atoms with Crippen LogP contribution in [0.15, 0.2) is 48.5 Å². The van der Waals surface area contributed by atoms with Crippen LogP contribution < -0.4 is 4.90 Å². The highest BCUT2D eigenvalue weighted by Crippen LogP contribution is 2.32. The van der Waals surface area contributed by atoms with Gasteiger partial charge in [0.25, 0.3) is 0 Å². The van der Waals surface area contributed by atoms with Crippen LogP contribution in [0.5, 0.6) is 0 Å². The van der Waals surface area contributed by atoms with Crippen molar-refractivity contribution in [2.45, 2.75) is 38.8 Å². The Labute approximate surface area is 202 Å². The predicted molar refractivity (Wildman–Crippen MR) is 129 cm³/mol. The highest BCUT2D eigenvalue weighted by molar-refractivity contribution is 5.84. The molecule has 182 valence electrons. The molecule has 1 aliphatic heterocycles. The molecule has 0 aliphatic carbocycles. The third-order valence-corrected chi connectivity index (χ3v) is 6.33. The van der Waals surface area contributed by atoms with Crippen LogP contribution in [0.2, 0.25) is 0 Å². The van der Waals surface area contributed by atoms with Crippen molar-refractivity contribution in [3.8, 4) is 6.07 Å². The molecule has 1 fully saturated rings. The SMILES string of the molecule is CCCc1ccc2nc(N3CCCN(C(=O)Cc4ccccc4C(F)(F)F)CC3)c(C#N)cc2c1. The lowest BCUT2D eigenvalue weighted by Gasteiger charge is -2.24. The quantitative estimate of drug-likeness (QED) is 0.493. The summed E-state index contributed by atoms with van der Waals surface area (Å²) in [6.07, 6.45) is -2.17. The van der Waals surface area contributed by atoms with Gasteiger partial charge in [-0.2, -0.15) is 18.4 Å². The molecule has 0 atom stereocenters. The molecule has 0 unspecified atom stereocenters. The molecule has 1 saturated heterocycles. The number of amides is 1. The van der Waals surface area contributed by atoms with Gasteiger partial charge in [-0.1, -0.05) is 37.6 Å². The van der Waals surface area contributed by atoms with Crippen molar-refractivity contribution < 1.29 is 18.0 Å². The highest BCUT2D eigenvalue weighted by Gasteiger charge is 2.34. The first-order valence-corrected chi connectivity index (χ1v) is 11.8. The molecule has 0 N–H and O–H groups in total. The second kappa shape index (κ2) is 10.3. The molecule has 0 radical (unpaired) electrons. The molecular formula is C27H27F3N4O. The Morgan fingerprint density at radius 2 is 1.89 bits per heavy atom. The molecule has 3 aromatic rings. The molecule has 1 aliphatic rings. The summed E-state index contributed by atoms with van der Waals surface area (Å²) in [4.78, 5) is 21.3. The summed E-state index contributed by atoms with van der Waals surface area (Å²) in [7, 11) is 0. The zero-order chi connectivity index (χ0) is 25.0. The second-order valence-corrected chi connectivity index (χ2v) is 8.80. The van der Waals surface area contributed by atoms with E-state index in [-0.39, 0.29) is 17.9 Å². The predicted octanol–water partition coefficient (Wildman–Crippen LogP) is 5.36. The number of nitriles is 1. The monoisotopic (exact) mass is 480 g/mol. The first-order valence-electron chi connectivity index (χ1n) is 11.8. The Morgan fingerprint density at radius 1 is 1.09 bits per heavy atom. The minimum Gasteiger partial charge on any atom is -0.354 e. The lowest BCUT2D eigenvalue weighted by Crippen LogP contribution is -2.36. The van der Waals surface area contributed by atoms with Gasteiger partial charge in [-0.25, -0.2) is 4.98 Å². The first-order chi connectivity index (χ1) is 16.8. The largest absolute Gasteiger partial charge is 0.416 e. The summed E-state index contributed by atoms with van der Waals surface area (Å²) in [6, 6.07) is 15.4. The molecule has 0 bridgehead atoms. The van der Waals surface area contributed by atoms with E-state index >= 15 is 0 Å². The first kappa shape index (κ1) is 24.5. The van der Waals surface area contributed by atoms with Gasteiger partial charge in [-0.3, -0.25) is 4.79 Å². The Morgan fingerprint density at radius 3 is 2.63 bits per heavy atom. The van der Waals surface area contributed by atoms with Gasteiger partial charge in [0.2, 0.25) is 5.91 Å². The lowest BCUT2D eigenvalue weighted by atomic mass is 10.0. The fraction of sp³-hybridized carbons (Fsp3) is 0.370. The van der Waals surface area contributed by atoms with Crippen LogP contribution in [0.3, 0.4) is 0 Å². The van der Waals surface area contributed by atoms with Gasteiger partial charge >= 0.3 is 6.18 Å². The van der Waals surface area contributed by atoms with Crippen molar-refractivity contribution in [2.24, 2.45) is 0 Å². The lowest BCUT2D eigenvalue weighted by molar-refractivity contribution is -0.138. The average molecular weight is 481 g/mol. The summed E-state index contributed by atoms with van der Waals surface area (Å²) in [5, 5.41) is 10.7. The molecule has 2 heterocycles. The fourth-order valence-electron chi connectivity index (χ4n) is 4.59. The van der Waals surface area contributed by atoms with Crippen LogP contribution >= 0.6 is 0 Å². The van der Waals surface area contributed by atoms with Crippen LogP contribution in [0.1, 0.15) is 42.0 Å². The van der Waals surface area contributed by atoms with E-state index in [1.54, 1.807) is 4.90 Å². The molecule has 35 heavy (non-hydrogen) atoms. The van der Waals surface area contributed by atoms with Gasteiger partial charge < -0.3 is 9.80 Å². The van der Waals surface area contributed by atoms with Crippen molar-refractivity contribution in [1.82, 2.24) is 9.88 Å². The summed E-state index contributed by atoms with van der Waals surface area (Å²) in [5.41, 5.74) is 1.70. The number of benzene rings is 2. The summed E-state index contributed by atoms with van der Waals surface area (Å²) in [5.74, 6) is 0.249. The van der Waals surface area contributed by atoms with E-state index in [1.165, 1.54) is 23.8 Å². The van der Waals surface area contributed by atoms with E-state index in [4.69, 9.17) is 4.98 Å². The van der Waals surface area contributed by atoms with Crippen molar-refractivity contribution in [3.05, 3.63) is 70.8 Å². The molecule has 4 rings (SSSR count). The van der Waals surface area contributed by atoms with E-state index in [1.807, 2.05) is 17.0 Å². The highest BCUT2D eigenvalue weighted by atomic mass is 19.4. The number of fused-ring (bicyclic) bond motifs is 1. The Hall–Kier alpha value is -3.60. The maximum atomic E-state index is 13.3. The average Bonchev–Trinajstić information content (AvgIpc) is 3.09. The number of halogens is 3. The number of pyridine rings is 1. The van der Waals surface area contributed by atoms with Crippen LogP contribution in [-0.2, 0) is 23.8 Å². The fourth-order valence-corrected chi connectivity index (χ4v) is 4.59. The number of alkyl halides is 3. The molecule has 0 spiro atoms. The Kier molecular flexibility index (Phi) is 7.25. The second-order valence-electron chi connectivity index (χ2n) is 8.80. The Balaban J connectivity index is 1.51. The van der Waals surface area contributed by atoms with Crippen molar-refractivity contribution in [2.75, 3.05) is 31.1 Å². The molecule has 5 nitrogen and oxygen atoms in total. The van der Waals surface area contributed by atoms with Crippen LogP contribution in [0.25, 0.3) is 10.9 Å². The van der Waals surface area contributed by atoms with E-state index in [0.717, 1.165) is 29.8 Å². The van der Waals surface area contributed by atoms with Gasteiger partial charge in [0.1, 0.15) is 11.9 Å². The van der Waals surface area contributed by atoms with Gasteiger partial charge in [0.05, 0.1) is 23.1 Å². The van der Waals surface area contributed by atoms with Gasteiger partial charge in [0.15, 0.2) is 0 Å². The van der Waals surface area contributed by atoms with Crippen LogP contribution in [0, 0.1) is 11.3 Å². The number of rotatable bonds is 5. The van der Waals surface area contributed by atoms with E-state index in [9.17, 15) is 23.2 Å². The summed E-state index contributed by atoms with van der Waals surface area (Å²) >= 11 is 0. The van der Waals surface area contributed by atoms with Crippen LogP contribution in [-0.4, -0.2) is 42.0 Å². The summed E-state index contributed by atoms with van der Waals surface area (Å²) < 4.78 is 40.0. The van der Waals surface area contributed by atoms with E-state index < -0.39 is 11.7 Å². The minimum absolute atomic E-state index is 0.0171. The topological polar surface area (TPSA) is 60.2 Å². The number of aromatic nitrogens is 1. The molecule has 0 saturated carbocycles. The third-order valence-electron chi connectivity index (χ3n) is 6.33. The Bertz CT molecular complexity index is 1270. The number of hydrogen-bond acceptors (Lipinski definition) is 4. The van der Waals surface area contributed by atoms with Crippen LogP contribution in [0.4, 0.5) is 19.0 Å². The number of hydrogen-bond donors (Lipinski definition) is 0. The van der Waals surface area contributed by atoms with Crippen molar-refractivity contribution in [1.29, 1.82) is 5.26 Å². The summed E-state index contributed by atoms with van der Waals surface area (Å²) in [6.45, 7) is 3.97. The van der Waals surface area contributed by atoms with Crippen molar-refractivity contribution in [3.63, 3.8) is 0 Å². The maximum Gasteiger partial charge on any atom is 0.416 e.